The number of carbonyl (C=O) groups is 1. The van der Waals surface area contributed by atoms with Gasteiger partial charge in [-0.1, -0.05) is 6.92 Å². The van der Waals surface area contributed by atoms with Gasteiger partial charge in [0.05, 0.1) is 13.2 Å². The minimum Gasteiger partial charge on any atom is -0.381 e. The molecular weight excluding hydrogens is 154 g/mol. The molecule has 3 heteroatoms. The van der Waals surface area contributed by atoms with Crippen molar-refractivity contribution in [1.29, 1.82) is 0 Å². The average Bonchev–Trinajstić information content (AvgIpc) is 2.51. The SMILES string of the molecule is CCCC(=O)NC1[C@H]2COC[C@@H]12. The van der Waals surface area contributed by atoms with Crippen LogP contribution in [0.3, 0.4) is 0 Å². The third-order valence-electron chi connectivity index (χ3n) is 2.76. The van der Waals surface area contributed by atoms with Crippen LogP contribution in [0.25, 0.3) is 0 Å². The quantitative estimate of drug-likeness (QED) is 0.670. The molecule has 1 aliphatic carbocycles. The Morgan fingerprint density at radius 3 is 2.75 bits per heavy atom. The van der Waals surface area contributed by atoms with Gasteiger partial charge in [-0.3, -0.25) is 4.79 Å². The smallest absolute Gasteiger partial charge is 0.220 e. The van der Waals surface area contributed by atoms with Crippen molar-refractivity contribution in [2.45, 2.75) is 25.8 Å². The third-order valence-corrected chi connectivity index (χ3v) is 2.76. The molecule has 0 aromatic rings. The van der Waals surface area contributed by atoms with Crippen LogP contribution in [0.4, 0.5) is 0 Å². The van der Waals surface area contributed by atoms with Crippen molar-refractivity contribution in [3.05, 3.63) is 0 Å². The van der Waals surface area contributed by atoms with Crippen molar-refractivity contribution in [1.82, 2.24) is 5.32 Å². The van der Waals surface area contributed by atoms with Crippen molar-refractivity contribution < 1.29 is 9.53 Å². The molecule has 0 aromatic heterocycles. The third kappa shape index (κ3) is 1.33. The molecule has 1 saturated heterocycles. The normalized spacial score (nSPS) is 37.6. The van der Waals surface area contributed by atoms with Crippen molar-refractivity contribution in [2.24, 2.45) is 11.8 Å². The number of fused-ring (bicyclic) bond motifs is 1. The Bertz CT molecular complexity index is 183. The van der Waals surface area contributed by atoms with Crippen LogP contribution < -0.4 is 5.32 Å². The predicted octanol–water partition coefficient (Wildman–Crippen LogP) is 0.547. The molecule has 3 nitrogen and oxygen atoms in total. The highest BCUT2D eigenvalue weighted by molar-refractivity contribution is 5.76. The van der Waals surface area contributed by atoms with E-state index in [0.717, 1.165) is 19.6 Å². The van der Waals surface area contributed by atoms with E-state index in [1.807, 2.05) is 6.92 Å². The fourth-order valence-electron chi connectivity index (χ4n) is 1.94. The molecule has 0 radical (unpaired) electrons. The van der Waals surface area contributed by atoms with Crippen LogP contribution in [0, 0.1) is 11.8 Å². The summed E-state index contributed by atoms with van der Waals surface area (Å²) in [4.78, 5) is 11.2. The molecule has 0 spiro atoms. The zero-order chi connectivity index (χ0) is 8.55. The minimum atomic E-state index is 0.205. The first-order chi connectivity index (χ1) is 5.83. The fourth-order valence-corrected chi connectivity index (χ4v) is 1.94. The maximum atomic E-state index is 11.2. The molecule has 0 aromatic carbocycles. The second kappa shape index (κ2) is 3.05. The van der Waals surface area contributed by atoms with E-state index in [0.29, 0.717) is 24.3 Å². The predicted molar refractivity (Wildman–Crippen MR) is 44.6 cm³/mol. The Balaban J connectivity index is 1.72. The summed E-state index contributed by atoms with van der Waals surface area (Å²) in [6, 6.07) is 0.442. The first kappa shape index (κ1) is 8.05. The van der Waals surface area contributed by atoms with E-state index >= 15 is 0 Å². The Kier molecular flexibility index (Phi) is 2.05. The Morgan fingerprint density at radius 2 is 2.17 bits per heavy atom. The number of ether oxygens (including phenoxy) is 1. The topological polar surface area (TPSA) is 38.3 Å². The Hall–Kier alpha value is -0.570. The molecule has 1 saturated carbocycles. The summed E-state index contributed by atoms with van der Waals surface area (Å²) >= 11 is 0. The molecule has 2 rings (SSSR count). The van der Waals surface area contributed by atoms with Crippen LogP contribution in [-0.2, 0) is 9.53 Å². The van der Waals surface area contributed by atoms with E-state index in [-0.39, 0.29) is 5.91 Å². The molecule has 1 unspecified atom stereocenters. The molecule has 2 fully saturated rings. The molecule has 1 aliphatic heterocycles. The highest BCUT2D eigenvalue weighted by Gasteiger charge is 2.54. The standard InChI is InChI=1S/C9H15NO2/c1-2-3-8(11)10-9-6-4-12-5-7(6)9/h6-7,9H,2-5H2,1H3,(H,10,11)/t6-,7+,9?. The van der Waals surface area contributed by atoms with Gasteiger partial charge in [0.1, 0.15) is 0 Å². The number of rotatable bonds is 3. The largest absolute Gasteiger partial charge is 0.381 e. The fraction of sp³-hybridized carbons (Fsp3) is 0.889. The van der Waals surface area contributed by atoms with Crippen LogP contribution in [0.2, 0.25) is 0 Å². The Labute approximate surface area is 72.5 Å². The number of amides is 1. The van der Waals surface area contributed by atoms with Gasteiger partial charge < -0.3 is 10.1 Å². The molecule has 0 bridgehead atoms. The van der Waals surface area contributed by atoms with Gasteiger partial charge in [0, 0.05) is 24.3 Å². The zero-order valence-corrected chi connectivity index (χ0v) is 7.38. The van der Waals surface area contributed by atoms with Crippen molar-refractivity contribution in [3.63, 3.8) is 0 Å². The molecule has 2 aliphatic rings. The van der Waals surface area contributed by atoms with E-state index in [4.69, 9.17) is 4.74 Å². The summed E-state index contributed by atoms with van der Waals surface area (Å²) in [5.74, 6) is 1.47. The summed E-state index contributed by atoms with van der Waals surface area (Å²) in [7, 11) is 0. The van der Waals surface area contributed by atoms with E-state index in [2.05, 4.69) is 5.32 Å². The van der Waals surface area contributed by atoms with Gasteiger partial charge >= 0.3 is 0 Å². The van der Waals surface area contributed by atoms with Gasteiger partial charge in [0.2, 0.25) is 5.91 Å². The molecule has 1 heterocycles. The van der Waals surface area contributed by atoms with E-state index in [1.54, 1.807) is 0 Å². The average molecular weight is 169 g/mol. The van der Waals surface area contributed by atoms with Gasteiger partial charge in [0.25, 0.3) is 0 Å². The van der Waals surface area contributed by atoms with Gasteiger partial charge in [-0.15, -0.1) is 0 Å². The highest BCUT2D eigenvalue weighted by atomic mass is 16.5. The molecule has 3 atom stereocenters. The summed E-state index contributed by atoms with van der Waals surface area (Å²) < 4.78 is 5.23. The van der Waals surface area contributed by atoms with Crippen LogP contribution >= 0.6 is 0 Å². The van der Waals surface area contributed by atoms with Crippen molar-refractivity contribution >= 4 is 5.91 Å². The first-order valence-corrected chi connectivity index (χ1v) is 4.70. The lowest BCUT2D eigenvalue weighted by Crippen LogP contribution is -2.29. The van der Waals surface area contributed by atoms with Gasteiger partial charge in [-0.05, 0) is 6.42 Å². The van der Waals surface area contributed by atoms with E-state index in [1.165, 1.54) is 0 Å². The maximum Gasteiger partial charge on any atom is 0.220 e. The van der Waals surface area contributed by atoms with Crippen LogP contribution in [0.15, 0.2) is 0 Å². The van der Waals surface area contributed by atoms with E-state index in [9.17, 15) is 4.79 Å². The number of hydrogen-bond donors (Lipinski definition) is 1. The van der Waals surface area contributed by atoms with Gasteiger partial charge in [-0.25, -0.2) is 0 Å². The van der Waals surface area contributed by atoms with Gasteiger partial charge in [-0.2, -0.15) is 0 Å². The summed E-state index contributed by atoms with van der Waals surface area (Å²) in [5.41, 5.74) is 0. The maximum absolute atomic E-state index is 11.2. The summed E-state index contributed by atoms with van der Waals surface area (Å²) in [6.45, 7) is 3.72. The van der Waals surface area contributed by atoms with E-state index < -0.39 is 0 Å². The van der Waals surface area contributed by atoms with Crippen LogP contribution in [0.5, 0.6) is 0 Å². The second-order valence-electron chi connectivity index (χ2n) is 3.71. The highest BCUT2D eigenvalue weighted by Crippen LogP contribution is 2.44. The second-order valence-corrected chi connectivity index (χ2v) is 3.71. The summed E-state index contributed by atoms with van der Waals surface area (Å²) in [5, 5.41) is 3.04. The van der Waals surface area contributed by atoms with Crippen molar-refractivity contribution in [3.8, 4) is 0 Å². The molecule has 1 N–H and O–H groups in total. The number of hydrogen-bond acceptors (Lipinski definition) is 2. The van der Waals surface area contributed by atoms with Crippen LogP contribution in [0.1, 0.15) is 19.8 Å². The number of nitrogens with one attached hydrogen (secondary N) is 1. The van der Waals surface area contributed by atoms with Crippen LogP contribution in [-0.4, -0.2) is 25.2 Å². The van der Waals surface area contributed by atoms with Gasteiger partial charge in [0.15, 0.2) is 0 Å². The molecular formula is C9H15NO2. The summed E-state index contributed by atoms with van der Waals surface area (Å²) in [6.07, 6.45) is 1.60. The molecule has 68 valence electrons. The monoisotopic (exact) mass is 169 g/mol. The lowest BCUT2D eigenvalue weighted by atomic mass is 10.3. The minimum absolute atomic E-state index is 0.205. The number of carbonyl (C=O) groups excluding carboxylic acids is 1. The molecule has 1 amide bonds. The molecule has 12 heavy (non-hydrogen) atoms. The lowest BCUT2D eigenvalue weighted by Gasteiger charge is -2.05. The Morgan fingerprint density at radius 1 is 1.50 bits per heavy atom. The lowest BCUT2D eigenvalue weighted by molar-refractivity contribution is -0.121. The zero-order valence-electron chi connectivity index (χ0n) is 7.38. The van der Waals surface area contributed by atoms with Crippen molar-refractivity contribution in [2.75, 3.05) is 13.2 Å². The first-order valence-electron chi connectivity index (χ1n) is 4.70.